The molecule has 0 saturated carbocycles. The van der Waals surface area contributed by atoms with Gasteiger partial charge in [0.2, 0.25) is 5.89 Å². The highest BCUT2D eigenvalue weighted by Crippen LogP contribution is 2.21. The highest BCUT2D eigenvalue weighted by molar-refractivity contribution is 5.88. The van der Waals surface area contributed by atoms with Crippen LogP contribution in [0.15, 0.2) is 77.5 Å². The summed E-state index contributed by atoms with van der Waals surface area (Å²) in [5.41, 5.74) is 2.54. The third kappa shape index (κ3) is 4.67. The number of aromatic nitrogens is 3. The van der Waals surface area contributed by atoms with E-state index < -0.39 is 0 Å². The lowest BCUT2D eigenvalue weighted by molar-refractivity contribution is 0.252. The second kappa shape index (κ2) is 8.95. The number of methoxy groups -OCH3 is 1. The summed E-state index contributed by atoms with van der Waals surface area (Å²) in [5.74, 6) is 1.78. The van der Waals surface area contributed by atoms with Crippen molar-refractivity contribution in [2.24, 2.45) is 0 Å². The van der Waals surface area contributed by atoms with E-state index in [9.17, 15) is 4.79 Å². The smallest absolute Gasteiger partial charge is 0.320 e. The molecule has 2 amide bonds. The van der Waals surface area contributed by atoms with Crippen LogP contribution in [0.5, 0.6) is 5.75 Å². The maximum absolute atomic E-state index is 12.1. The van der Waals surface area contributed by atoms with E-state index in [1.54, 1.807) is 30.3 Å². The van der Waals surface area contributed by atoms with Crippen LogP contribution in [0, 0.1) is 0 Å². The number of carbonyl (C=O) groups is 1. The second-order valence-electron chi connectivity index (χ2n) is 6.48. The molecule has 2 N–H and O–H groups in total. The molecule has 0 fully saturated rings. The molecule has 4 aromatic rings. The summed E-state index contributed by atoms with van der Waals surface area (Å²) in [6.07, 6.45) is 3.94. The first-order valence-corrected chi connectivity index (χ1v) is 9.46. The van der Waals surface area contributed by atoms with Gasteiger partial charge in [0.1, 0.15) is 12.0 Å². The van der Waals surface area contributed by atoms with Crippen LogP contribution in [0.1, 0.15) is 5.69 Å². The quantitative estimate of drug-likeness (QED) is 0.488. The lowest BCUT2D eigenvalue weighted by Gasteiger charge is -2.04. The van der Waals surface area contributed by atoms with Gasteiger partial charge in [0, 0.05) is 30.8 Å². The first-order valence-electron chi connectivity index (χ1n) is 9.46. The van der Waals surface area contributed by atoms with Crippen molar-refractivity contribution < 1.29 is 13.9 Å². The molecule has 4 rings (SSSR count). The molecular weight excluding hydrogens is 382 g/mol. The molecular formula is C22H21N5O3. The molecule has 2 heterocycles. The minimum absolute atomic E-state index is 0.327. The first kappa shape index (κ1) is 19.3. The Morgan fingerprint density at radius 1 is 1.10 bits per heavy atom. The minimum atomic E-state index is -0.327. The van der Waals surface area contributed by atoms with Gasteiger partial charge in [-0.2, -0.15) is 0 Å². The summed E-state index contributed by atoms with van der Waals surface area (Å²) in [7, 11) is 1.62. The predicted octanol–water partition coefficient (Wildman–Crippen LogP) is 3.90. The summed E-state index contributed by atoms with van der Waals surface area (Å²) >= 11 is 0. The van der Waals surface area contributed by atoms with E-state index in [-0.39, 0.29) is 6.03 Å². The molecule has 8 heteroatoms. The van der Waals surface area contributed by atoms with E-state index >= 15 is 0 Å². The van der Waals surface area contributed by atoms with Crippen LogP contribution >= 0.6 is 0 Å². The summed E-state index contributed by atoms with van der Waals surface area (Å²) in [5, 5.41) is 9.86. The zero-order valence-electron chi connectivity index (χ0n) is 16.4. The lowest BCUT2D eigenvalue weighted by atomic mass is 10.2. The Kier molecular flexibility index (Phi) is 5.75. The van der Waals surface area contributed by atoms with Gasteiger partial charge in [0.05, 0.1) is 18.5 Å². The number of hydrogen-bond acceptors (Lipinski definition) is 5. The second-order valence-corrected chi connectivity index (χ2v) is 6.48. The first-order chi connectivity index (χ1) is 14.7. The maximum Gasteiger partial charge on any atom is 0.320 e. The molecule has 0 aliphatic rings. The van der Waals surface area contributed by atoms with Crippen LogP contribution in [-0.2, 0) is 6.42 Å². The fourth-order valence-electron chi connectivity index (χ4n) is 2.87. The van der Waals surface area contributed by atoms with Gasteiger partial charge in [0.15, 0.2) is 5.82 Å². The molecule has 0 spiro atoms. The molecule has 0 atom stereocenters. The van der Waals surface area contributed by atoms with Crippen LogP contribution in [0.4, 0.5) is 10.6 Å². The topological polar surface area (TPSA) is 94.2 Å². The number of rotatable bonds is 7. The number of nitrogens with one attached hydrogen (secondary N) is 2. The van der Waals surface area contributed by atoms with Gasteiger partial charge in [-0.25, -0.2) is 14.5 Å². The van der Waals surface area contributed by atoms with Crippen LogP contribution in [-0.4, -0.2) is 34.5 Å². The summed E-state index contributed by atoms with van der Waals surface area (Å²) in [6, 6.07) is 18.6. The number of amides is 2. The number of anilines is 1. The number of oxazole rings is 1. The number of benzene rings is 2. The zero-order valence-corrected chi connectivity index (χ0v) is 16.4. The number of carbonyl (C=O) groups excluding carboxylic acids is 1. The predicted molar refractivity (Wildman–Crippen MR) is 113 cm³/mol. The van der Waals surface area contributed by atoms with E-state index in [0.29, 0.717) is 24.7 Å². The van der Waals surface area contributed by atoms with Gasteiger partial charge in [0.25, 0.3) is 0 Å². The molecule has 152 valence electrons. The molecule has 2 aromatic carbocycles. The van der Waals surface area contributed by atoms with E-state index in [4.69, 9.17) is 9.15 Å². The SMILES string of the molecule is COc1ccc(-c2nc(CCNC(=O)Nc3ccn(-c4ccccc4)n3)co2)cc1. The fourth-order valence-corrected chi connectivity index (χ4v) is 2.87. The number of para-hydroxylation sites is 1. The van der Waals surface area contributed by atoms with E-state index in [0.717, 1.165) is 22.7 Å². The number of urea groups is 1. The Hall–Kier alpha value is -4.07. The fraction of sp³-hybridized carbons (Fsp3) is 0.136. The summed E-state index contributed by atoms with van der Waals surface area (Å²) < 4.78 is 12.4. The average Bonchev–Trinajstić information content (AvgIpc) is 3.44. The standard InChI is InChI=1S/C22H21N5O3/c1-29-19-9-7-16(8-10-19)21-24-17(15-30-21)11-13-23-22(28)25-20-12-14-27(26-20)18-5-3-2-4-6-18/h2-10,12,14-15H,11,13H2,1H3,(H2,23,25,26,28). The molecule has 0 bridgehead atoms. The molecule has 0 radical (unpaired) electrons. The molecule has 0 aliphatic heterocycles. The van der Waals surface area contributed by atoms with Gasteiger partial charge in [-0.1, -0.05) is 18.2 Å². The van der Waals surface area contributed by atoms with Crippen molar-refractivity contribution in [3.8, 4) is 22.9 Å². The van der Waals surface area contributed by atoms with E-state index in [1.165, 1.54) is 0 Å². The highest BCUT2D eigenvalue weighted by Gasteiger charge is 2.09. The van der Waals surface area contributed by atoms with Crippen molar-refractivity contribution >= 4 is 11.8 Å². The Labute approximate surface area is 173 Å². The molecule has 0 aliphatic carbocycles. The molecule has 8 nitrogen and oxygen atoms in total. The molecule has 0 saturated heterocycles. The minimum Gasteiger partial charge on any atom is -0.497 e. The Bertz CT molecular complexity index is 1100. The third-order valence-electron chi connectivity index (χ3n) is 4.41. The number of ether oxygens (including phenoxy) is 1. The van der Waals surface area contributed by atoms with E-state index in [1.807, 2.05) is 54.6 Å². The Morgan fingerprint density at radius 3 is 2.67 bits per heavy atom. The van der Waals surface area contributed by atoms with E-state index in [2.05, 4.69) is 20.7 Å². The Balaban J connectivity index is 1.26. The van der Waals surface area contributed by atoms with Gasteiger partial charge >= 0.3 is 6.03 Å². The molecule has 2 aromatic heterocycles. The number of hydrogen-bond donors (Lipinski definition) is 2. The summed E-state index contributed by atoms with van der Waals surface area (Å²) in [6.45, 7) is 0.416. The average molecular weight is 403 g/mol. The van der Waals surface area contributed by atoms with Crippen molar-refractivity contribution in [1.29, 1.82) is 0 Å². The zero-order chi connectivity index (χ0) is 20.8. The van der Waals surface area contributed by atoms with Crippen LogP contribution in [0.2, 0.25) is 0 Å². The van der Waals surface area contributed by atoms with Crippen molar-refractivity contribution in [3.05, 3.63) is 78.8 Å². The van der Waals surface area contributed by atoms with Gasteiger partial charge in [-0.05, 0) is 36.4 Å². The van der Waals surface area contributed by atoms with Crippen molar-refractivity contribution in [1.82, 2.24) is 20.1 Å². The van der Waals surface area contributed by atoms with Gasteiger partial charge in [-0.15, -0.1) is 5.10 Å². The van der Waals surface area contributed by atoms with Crippen molar-refractivity contribution in [2.75, 3.05) is 19.0 Å². The number of nitrogens with zero attached hydrogens (tertiary/aromatic N) is 3. The molecule has 0 unspecified atom stereocenters. The highest BCUT2D eigenvalue weighted by atomic mass is 16.5. The van der Waals surface area contributed by atoms with Crippen LogP contribution in [0.3, 0.4) is 0 Å². The summed E-state index contributed by atoms with van der Waals surface area (Å²) in [4.78, 5) is 16.6. The van der Waals surface area contributed by atoms with Crippen molar-refractivity contribution in [2.45, 2.75) is 6.42 Å². The maximum atomic E-state index is 12.1. The lowest BCUT2D eigenvalue weighted by Crippen LogP contribution is -2.30. The molecule has 30 heavy (non-hydrogen) atoms. The monoisotopic (exact) mass is 403 g/mol. The van der Waals surface area contributed by atoms with Gasteiger partial charge < -0.3 is 14.5 Å². The van der Waals surface area contributed by atoms with Crippen molar-refractivity contribution in [3.63, 3.8) is 0 Å². The largest absolute Gasteiger partial charge is 0.497 e. The Morgan fingerprint density at radius 2 is 1.90 bits per heavy atom. The van der Waals surface area contributed by atoms with Crippen LogP contribution < -0.4 is 15.4 Å². The van der Waals surface area contributed by atoms with Crippen LogP contribution in [0.25, 0.3) is 17.1 Å². The third-order valence-corrected chi connectivity index (χ3v) is 4.41. The van der Waals surface area contributed by atoms with Gasteiger partial charge in [-0.3, -0.25) is 5.32 Å². The normalized spacial score (nSPS) is 10.6.